The first kappa shape index (κ1) is 27.0. The highest BCUT2D eigenvalue weighted by Gasteiger charge is 2.48. The summed E-state index contributed by atoms with van der Waals surface area (Å²) < 4.78 is 19.2. The molecule has 1 saturated heterocycles. The summed E-state index contributed by atoms with van der Waals surface area (Å²) >= 11 is 0. The number of hydrogen-bond donors (Lipinski definition) is 2. The number of fused-ring (bicyclic) bond motifs is 3. The molecule has 2 aromatic carbocycles. The van der Waals surface area contributed by atoms with Gasteiger partial charge < -0.3 is 20.0 Å². The van der Waals surface area contributed by atoms with E-state index in [1.807, 2.05) is 36.4 Å². The predicted molar refractivity (Wildman–Crippen MR) is 154 cm³/mol. The molecule has 0 radical (unpaired) electrons. The number of nitrogens with zero attached hydrogens (tertiary/aromatic N) is 1. The van der Waals surface area contributed by atoms with Crippen LogP contribution < -0.4 is 10.6 Å². The minimum absolute atomic E-state index is 0.0977. The van der Waals surface area contributed by atoms with Gasteiger partial charge in [0.05, 0.1) is 18.4 Å². The maximum atomic E-state index is 14.3. The second kappa shape index (κ2) is 11.3. The average molecular weight is 554 g/mol. The van der Waals surface area contributed by atoms with Gasteiger partial charge in [0.1, 0.15) is 11.7 Å². The van der Waals surface area contributed by atoms with Crippen molar-refractivity contribution < 1.29 is 18.4 Å². The molecular formula is C29H34FN3O3P2. The number of alkyl halides is 1. The largest absolute Gasteiger partial charge is 0.472 e. The third kappa shape index (κ3) is 5.57. The lowest BCUT2D eigenvalue weighted by molar-refractivity contribution is -0.125. The van der Waals surface area contributed by atoms with Gasteiger partial charge in [-0.05, 0) is 47.7 Å². The maximum Gasteiger partial charge on any atom is 0.254 e. The summed E-state index contributed by atoms with van der Waals surface area (Å²) in [5.41, 5.74) is 3.83. The molecular weight excluding hydrogens is 519 g/mol. The van der Waals surface area contributed by atoms with Gasteiger partial charge in [0.15, 0.2) is 5.15 Å². The fourth-order valence-corrected chi connectivity index (χ4v) is 5.97. The van der Waals surface area contributed by atoms with E-state index in [4.69, 9.17) is 4.42 Å². The molecule has 2 aliphatic rings. The first-order valence-electron chi connectivity index (χ1n) is 13.0. The summed E-state index contributed by atoms with van der Waals surface area (Å²) in [6.07, 6.45) is 5.41. The fraction of sp³-hybridized carbons (Fsp3) is 0.379. The van der Waals surface area contributed by atoms with Crippen LogP contribution in [0.5, 0.6) is 0 Å². The number of rotatable bonds is 11. The van der Waals surface area contributed by atoms with E-state index in [0.29, 0.717) is 24.4 Å². The highest BCUT2D eigenvalue weighted by atomic mass is 31.1. The molecule has 2 N–H and O–H groups in total. The fourth-order valence-electron chi connectivity index (χ4n) is 5.77. The smallest absolute Gasteiger partial charge is 0.254 e. The van der Waals surface area contributed by atoms with Crippen LogP contribution in [0.25, 0.3) is 11.1 Å². The Morgan fingerprint density at radius 2 is 1.66 bits per heavy atom. The van der Waals surface area contributed by atoms with Crippen LogP contribution in [0.15, 0.2) is 71.5 Å². The van der Waals surface area contributed by atoms with Gasteiger partial charge in [-0.3, -0.25) is 9.59 Å². The molecule has 0 spiro atoms. The normalized spacial score (nSPS) is 16.4. The van der Waals surface area contributed by atoms with Crippen LogP contribution in [0.1, 0.15) is 40.7 Å². The van der Waals surface area contributed by atoms with Crippen molar-refractivity contribution >= 4 is 30.3 Å². The van der Waals surface area contributed by atoms with Crippen LogP contribution in [0, 0.1) is 5.92 Å². The van der Waals surface area contributed by atoms with Crippen LogP contribution in [0.4, 0.5) is 4.39 Å². The number of unbranched alkanes of at least 4 members (excludes halogenated alkanes) is 1. The van der Waals surface area contributed by atoms with Crippen LogP contribution in [-0.4, -0.2) is 54.6 Å². The molecule has 2 unspecified atom stereocenters. The first-order chi connectivity index (χ1) is 18.3. The van der Waals surface area contributed by atoms with Crippen molar-refractivity contribution in [3.8, 4) is 11.1 Å². The minimum Gasteiger partial charge on any atom is -0.472 e. The van der Waals surface area contributed by atoms with E-state index < -0.39 is 10.6 Å². The number of likely N-dealkylation sites (tertiary alicyclic amines) is 1. The van der Waals surface area contributed by atoms with Gasteiger partial charge in [-0.15, -0.1) is 0 Å². The highest BCUT2D eigenvalue weighted by molar-refractivity contribution is 7.39. The summed E-state index contributed by atoms with van der Waals surface area (Å²) in [4.78, 5) is 28.3. The Balaban J connectivity index is 1.20. The Labute approximate surface area is 227 Å². The number of nitrogens with one attached hydrogen (secondary N) is 2. The molecule has 0 saturated carbocycles. The van der Waals surface area contributed by atoms with Crippen molar-refractivity contribution in [1.82, 2.24) is 15.5 Å². The van der Waals surface area contributed by atoms with E-state index in [9.17, 15) is 14.0 Å². The van der Waals surface area contributed by atoms with Crippen molar-refractivity contribution in [2.45, 2.75) is 29.8 Å². The maximum absolute atomic E-state index is 14.3. The molecule has 1 fully saturated rings. The van der Waals surface area contributed by atoms with Gasteiger partial charge in [0.2, 0.25) is 5.91 Å². The monoisotopic (exact) mass is 553 g/mol. The van der Waals surface area contributed by atoms with E-state index in [1.165, 1.54) is 12.5 Å². The van der Waals surface area contributed by atoms with Crippen LogP contribution in [0.3, 0.4) is 0 Å². The molecule has 38 heavy (non-hydrogen) atoms. The van der Waals surface area contributed by atoms with E-state index in [1.54, 1.807) is 6.07 Å². The van der Waals surface area contributed by atoms with E-state index in [-0.39, 0.29) is 18.4 Å². The number of hydrogen-bond acceptors (Lipinski definition) is 4. The van der Waals surface area contributed by atoms with Gasteiger partial charge in [-0.1, -0.05) is 73.4 Å². The molecule has 1 aliphatic carbocycles. The number of carbonyl (C=O) groups excluding carboxylic acids is 2. The zero-order chi connectivity index (χ0) is 26.8. The Morgan fingerprint density at radius 3 is 2.26 bits per heavy atom. The van der Waals surface area contributed by atoms with Crippen molar-refractivity contribution in [3.05, 3.63) is 83.8 Å². The van der Waals surface area contributed by atoms with Gasteiger partial charge in [0, 0.05) is 25.6 Å². The molecule has 1 aliphatic heterocycles. The Bertz CT molecular complexity index is 1240. The number of furan rings is 1. The summed E-state index contributed by atoms with van der Waals surface area (Å²) in [5, 5.41) is 4.21. The zero-order valence-electron chi connectivity index (χ0n) is 21.3. The van der Waals surface area contributed by atoms with Crippen LogP contribution >= 0.6 is 18.5 Å². The number of carbonyl (C=O) groups is 2. The van der Waals surface area contributed by atoms with Gasteiger partial charge in [-0.25, -0.2) is 4.39 Å². The van der Waals surface area contributed by atoms with E-state index in [0.717, 1.165) is 54.7 Å². The minimum atomic E-state index is -1.65. The third-order valence-electron chi connectivity index (χ3n) is 7.61. The van der Waals surface area contributed by atoms with Gasteiger partial charge in [0.25, 0.3) is 5.91 Å². The average Bonchev–Trinajstić information content (AvgIpc) is 3.51. The van der Waals surface area contributed by atoms with Gasteiger partial charge >= 0.3 is 0 Å². The van der Waals surface area contributed by atoms with Gasteiger partial charge in [-0.2, -0.15) is 0 Å². The lowest BCUT2D eigenvalue weighted by Crippen LogP contribution is -2.51. The third-order valence-corrected chi connectivity index (χ3v) is 8.02. The topological polar surface area (TPSA) is 74.6 Å². The SMILES string of the molecule is O=C(NCC1CN(CCCCC2(C(=O)NCC(F)(P)P)c3ccccc3-c3ccccc32)C1)c1ccoc1. The van der Waals surface area contributed by atoms with Crippen LogP contribution in [-0.2, 0) is 10.2 Å². The molecule has 2 amide bonds. The van der Waals surface area contributed by atoms with E-state index in [2.05, 4.69) is 46.1 Å². The summed E-state index contributed by atoms with van der Waals surface area (Å²) in [6.45, 7) is 3.39. The summed E-state index contributed by atoms with van der Waals surface area (Å²) in [7, 11) is 4.25. The standard InChI is InChI=1S/C29H34FN3O3P2/c30-29(37,38)19-32-27(35)28(24-9-3-1-7-22(24)23-8-2-4-10-25(23)28)12-5-6-13-33-16-20(17-33)15-31-26(34)21-11-14-36-18-21/h1-4,7-11,14,18,20H,5-6,12-13,15-17,19,37-38H2,(H,31,34)(H,32,35). The molecule has 5 rings (SSSR count). The number of halogens is 1. The van der Waals surface area contributed by atoms with Crippen molar-refractivity contribution in [2.24, 2.45) is 5.92 Å². The molecule has 6 nitrogen and oxygen atoms in total. The molecule has 1 aromatic heterocycles. The Morgan fingerprint density at radius 1 is 1.00 bits per heavy atom. The molecule has 200 valence electrons. The zero-order valence-corrected chi connectivity index (χ0v) is 23.6. The summed E-state index contributed by atoms with van der Waals surface area (Å²) in [5.74, 6) is 0.182. The lowest BCUT2D eigenvalue weighted by atomic mass is 9.73. The number of amides is 2. The predicted octanol–water partition coefficient (Wildman–Crippen LogP) is 4.57. The molecule has 0 bridgehead atoms. The second-order valence-corrected chi connectivity index (χ2v) is 13.0. The van der Waals surface area contributed by atoms with Crippen molar-refractivity contribution in [2.75, 3.05) is 32.7 Å². The van der Waals surface area contributed by atoms with Crippen molar-refractivity contribution in [1.29, 1.82) is 0 Å². The Hall–Kier alpha value is -2.59. The number of benzene rings is 2. The lowest BCUT2D eigenvalue weighted by Gasteiger charge is -2.39. The molecule has 3 aromatic rings. The Kier molecular flexibility index (Phi) is 8.00. The van der Waals surface area contributed by atoms with E-state index >= 15 is 0 Å². The van der Waals surface area contributed by atoms with Crippen molar-refractivity contribution in [3.63, 3.8) is 0 Å². The molecule has 2 heterocycles. The second-order valence-electron chi connectivity index (χ2n) is 10.4. The van der Waals surface area contributed by atoms with Crippen LogP contribution in [0.2, 0.25) is 0 Å². The first-order valence-corrected chi connectivity index (χ1v) is 14.2. The quantitative estimate of drug-likeness (QED) is 0.270. The summed E-state index contributed by atoms with van der Waals surface area (Å²) in [6, 6.07) is 17.8. The highest BCUT2D eigenvalue weighted by Crippen LogP contribution is 2.51. The molecule has 9 heteroatoms. The molecule has 2 atom stereocenters.